The van der Waals surface area contributed by atoms with Crippen LogP contribution in [0.4, 0.5) is 24.5 Å². The molecular weight excluding hydrogens is 1400 g/mol. The summed E-state index contributed by atoms with van der Waals surface area (Å²) in [6.07, 6.45) is 7.79. The number of β-amino-alcohol motifs (C(OH)–C–C–N with tert-alkyl or cyclic N) is 1. The quantitative estimate of drug-likeness (QED) is 0.0209. The van der Waals surface area contributed by atoms with Gasteiger partial charge in [-0.25, -0.2) is 26.5 Å². The van der Waals surface area contributed by atoms with Gasteiger partial charge in [0.05, 0.1) is 38.8 Å². The number of sulfone groups is 1. The Morgan fingerprint density at radius 1 is 0.784 bits per heavy atom. The molecule has 0 bridgehead atoms. The van der Waals surface area contributed by atoms with Gasteiger partial charge in [0.2, 0.25) is 11.8 Å². The van der Waals surface area contributed by atoms with Gasteiger partial charge in [0.15, 0.2) is 0 Å². The number of sulfonamides is 1. The molecular formula is C76H98ClF3N10O8S4. The molecule has 5 aromatic carbocycles. The Hall–Kier alpha value is -6.39. The van der Waals surface area contributed by atoms with Crippen molar-refractivity contribution in [2.24, 2.45) is 10.8 Å². The van der Waals surface area contributed by atoms with Gasteiger partial charge in [-0.1, -0.05) is 126 Å². The van der Waals surface area contributed by atoms with Crippen LogP contribution in [-0.4, -0.2) is 185 Å². The highest BCUT2D eigenvalue weighted by atomic mass is 35.5. The zero-order chi connectivity index (χ0) is 73.0. The van der Waals surface area contributed by atoms with Gasteiger partial charge in [0.1, 0.15) is 10.9 Å². The fourth-order valence-electron chi connectivity index (χ4n) is 14.0. The number of nitrogens with zero attached hydrogens (tertiary/aromatic N) is 6. The molecule has 3 fully saturated rings. The van der Waals surface area contributed by atoms with Gasteiger partial charge >= 0.3 is 5.51 Å². The van der Waals surface area contributed by atoms with Crippen LogP contribution in [0.1, 0.15) is 126 Å². The van der Waals surface area contributed by atoms with Gasteiger partial charge in [-0.2, -0.15) is 13.2 Å². The molecule has 3 aliphatic heterocycles. The molecule has 0 spiro atoms. The lowest BCUT2D eigenvalue weighted by Crippen LogP contribution is -2.56. The molecule has 102 heavy (non-hydrogen) atoms. The number of hydrogen-bond acceptors (Lipinski definition) is 17. The summed E-state index contributed by atoms with van der Waals surface area (Å²) in [5.74, 6) is -1.18. The van der Waals surface area contributed by atoms with Gasteiger partial charge in [-0.05, 0) is 158 Å². The molecule has 5 N–H and O–H groups in total. The first-order valence-electron chi connectivity index (χ1n) is 35.5. The number of thiazole rings is 1. The predicted molar refractivity (Wildman–Crippen MR) is 402 cm³/mol. The van der Waals surface area contributed by atoms with Gasteiger partial charge < -0.3 is 40.7 Å². The number of aromatic nitrogens is 1. The van der Waals surface area contributed by atoms with E-state index in [0.29, 0.717) is 42.9 Å². The number of unbranched alkanes of at least 4 members (excludes halogenated alkanes) is 4. The van der Waals surface area contributed by atoms with Crippen molar-refractivity contribution >= 4 is 89.2 Å². The number of carbonyl (C=O) groups is 3. The lowest BCUT2D eigenvalue weighted by atomic mass is 9.73. The molecule has 0 radical (unpaired) electrons. The first kappa shape index (κ1) is 78.2. The summed E-state index contributed by atoms with van der Waals surface area (Å²) < 4.78 is 100. The van der Waals surface area contributed by atoms with E-state index in [1.807, 2.05) is 105 Å². The van der Waals surface area contributed by atoms with Crippen molar-refractivity contribution in [3.63, 3.8) is 0 Å². The number of hydrogen-bond donors (Lipinski definition) is 5. The van der Waals surface area contributed by atoms with E-state index in [1.165, 1.54) is 45.5 Å². The molecule has 1 aliphatic carbocycles. The van der Waals surface area contributed by atoms with Crippen LogP contribution >= 0.6 is 34.7 Å². The van der Waals surface area contributed by atoms with E-state index in [4.69, 9.17) is 11.6 Å². The zero-order valence-electron chi connectivity index (χ0n) is 59.2. The summed E-state index contributed by atoms with van der Waals surface area (Å²) in [5, 5.41) is 21.0. The van der Waals surface area contributed by atoms with Crippen LogP contribution in [0.5, 0.6) is 0 Å². The van der Waals surface area contributed by atoms with Crippen molar-refractivity contribution < 1.29 is 49.5 Å². The second kappa shape index (κ2) is 34.7. The van der Waals surface area contributed by atoms with E-state index in [9.17, 15) is 49.5 Å². The van der Waals surface area contributed by atoms with Crippen molar-refractivity contribution in [1.82, 2.24) is 39.9 Å². The number of halogens is 4. The normalized spacial score (nSPS) is 18.9. The summed E-state index contributed by atoms with van der Waals surface area (Å²) in [4.78, 5) is 56.6. The Morgan fingerprint density at radius 3 is 2.09 bits per heavy atom. The maximum atomic E-state index is 14.6. The SMILES string of the molecule is Cc1ncsc1-c1ccc(CNC(=O)[C@@H]2C[C@@H](O)CN2C(=O)[C@@H](NCCCCCCCN2CCN(CC[C@H](CSc3ccccc3)Nc3ccc(S(=O)(=O)NC(=O)c4ccc(N5CCN(CC6=C(c7ccc(Cl)cc7)CCC(C)(C)C6)CC5)cc4)cc3S(=O)(=O)C(F)(F)F)CC2)C(C)(C)C)cc1. The molecule has 10 rings (SSSR count). The Balaban J connectivity index is 0.674. The summed E-state index contributed by atoms with van der Waals surface area (Å²) in [7, 11) is -11.0. The number of benzene rings is 5. The number of carbonyl (C=O) groups excluding carboxylic acids is 3. The number of aryl methyl sites for hydroxylation is 1. The van der Waals surface area contributed by atoms with Crippen LogP contribution in [0.3, 0.4) is 0 Å². The Labute approximate surface area is 613 Å². The fourth-order valence-corrected chi connectivity index (χ4v) is 18.0. The summed E-state index contributed by atoms with van der Waals surface area (Å²) in [5.41, 5.74) is 3.17. The van der Waals surface area contributed by atoms with E-state index < -0.39 is 76.4 Å². The standard InChI is InChI=1S/C76H98ClF3N10O8S4/c1-53-69(100-52-83-53)56-19-17-54(18-20-56)48-82-72(93)67-45-62(91)50-90(67)73(94)70(74(2,3)4)81-34-13-8-7-9-14-35-86-37-39-87(40-38-86)36-32-60(51-99-63-15-11-10-12-16-63)84-66-30-29-64(46-68(66)101(95,96)76(78,79)80)102(97,98)85-71(92)57-23-27-61(28-24-57)89-43-41-88(42-44-89)49-58-47-75(5,6)33-31-65(58)55-21-25-59(77)26-22-55/h10-12,15-30,46,52,60,62,67,70,81,84,91H,7-9,13-14,31-45,47-51H2,1-6H3,(H,82,93)(H,85,92)/t60-,62-,67+,70-/m1/s1. The van der Waals surface area contributed by atoms with E-state index in [0.717, 1.165) is 161 Å². The van der Waals surface area contributed by atoms with Crippen molar-refractivity contribution in [1.29, 1.82) is 0 Å². The molecule has 6 aromatic rings. The second-order valence-corrected chi connectivity index (χ2v) is 35.3. The first-order chi connectivity index (χ1) is 48.5. The van der Waals surface area contributed by atoms with E-state index >= 15 is 0 Å². The molecule has 18 nitrogen and oxygen atoms in total. The number of likely N-dealkylation sites (tertiary alicyclic amines) is 1. The molecule has 0 saturated carbocycles. The molecule has 3 saturated heterocycles. The highest BCUT2D eigenvalue weighted by Crippen LogP contribution is 2.44. The number of amides is 3. The fraction of sp³-hybridized carbons (Fsp3) is 0.500. The topological polar surface area (TPSA) is 217 Å². The molecule has 4 aliphatic rings. The van der Waals surface area contributed by atoms with Crippen molar-refractivity contribution in [3.05, 3.63) is 160 Å². The largest absolute Gasteiger partial charge is 0.501 e. The highest BCUT2D eigenvalue weighted by molar-refractivity contribution is 7.99. The molecule has 3 amide bonds. The predicted octanol–water partition coefficient (Wildman–Crippen LogP) is 12.8. The van der Waals surface area contributed by atoms with Gasteiger partial charge in [-0.3, -0.25) is 19.3 Å². The average molecular weight is 1500 g/mol. The molecule has 4 heterocycles. The second-order valence-electron chi connectivity index (χ2n) is 29.3. The van der Waals surface area contributed by atoms with Gasteiger partial charge in [-0.15, -0.1) is 23.1 Å². The molecule has 4 atom stereocenters. The number of alkyl halides is 3. The number of thioether (sulfide) groups is 1. The average Bonchev–Trinajstić information content (AvgIpc) is 0.911. The van der Waals surface area contributed by atoms with Crippen molar-refractivity contribution in [2.45, 2.75) is 157 Å². The lowest BCUT2D eigenvalue weighted by molar-refractivity contribution is -0.142. The maximum absolute atomic E-state index is 14.6. The van der Waals surface area contributed by atoms with Crippen molar-refractivity contribution in [3.8, 4) is 10.4 Å². The highest BCUT2D eigenvalue weighted by Gasteiger charge is 2.49. The third kappa shape index (κ3) is 21.0. The molecule has 1 aromatic heterocycles. The Kier molecular flexibility index (Phi) is 26.6. The van der Waals surface area contributed by atoms with Crippen LogP contribution in [0.15, 0.2) is 147 Å². The lowest BCUT2D eigenvalue weighted by Gasteiger charge is -2.39. The summed E-state index contributed by atoms with van der Waals surface area (Å²) >= 11 is 9.26. The van der Waals surface area contributed by atoms with E-state index in [2.05, 4.69) is 66.5 Å². The molecule has 552 valence electrons. The summed E-state index contributed by atoms with van der Waals surface area (Å²) in [6, 6.07) is 32.5. The zero-order valence-corrected chi connectivity index (χ0v) is 63.3. The van der Waals surface area contributed by atoms with Crippen LogP contribution in [0.25, 0.3) is 16.0 Å². The maximum Gasteiger partial charge on any atom is 0.501 e. The minimum Gasteiger partial charge on any atom is -0.391 e. The number of rotatable bonds is 30. The number of anilines is 2. The number of aliphatic hydroxyl groups excluding tert-OH is 1. The van der Waals surface area contributed by atoms with Gasteiger partial charge in [0, 0.05) is 118 Å². The molecule has 26 heteroatoms. The minimum atomic E-state index is -6.13. The van der Waals surface area contributed by atoms with E-state index in [-0.39, 0.29) is 35.8 Å². The van der Waals surface area contributed by atoms with Crippen LogP contribution < -0.4 is 25.6 Å². The van der Waals surface area contributed by atoms with Crippen LogP contribution in [0, 0.1) is 17.8 Å². The Bertz CT molecular complexity index is 4070. The monoisotopic (exact) mass is 1500 g/mol. The third-order valence-corrected chi connectivity index (χ3v) is 25.2. The van der Waals surface area contributed by atoms with Crippen LogP contribution in [-0.2, 0) is 36.0 Å². The Morgan fingerprint density at radius 2 is 1.43 bits per heavy atom. The number of piperazine rings is 2. The first-order valence-corrected chi connectivity index (χ1v) is 40.7. The van der Waals surface area contributed by atoms with Crippen LogP contribution in [0.2, 0.25) is 5.02 Å². The molecule has 0 unspecified atom stereocenters. The van der Waals surface area contributed by atoms with Gasteiger partial charge in [0.25, 0.3) is 25.8 Å². The smallest absolute Gasteiger partial charge is 0.391 e. The number of allylic oxidation sites excluding steroid dienone is 1. The number of aliphatic hydroxyl groups is 1. The third-order valence-electron chi connectivity index (χ3n) is 19.9. The summed E-state index contributed by atoms with van der Waals surface area (Å²) in [6.45, 7) is 22.1. The number of nitrogens with one attached hydrogen (secondary N) is 4. The minimum absolute atomic E-state index is 0.0154. The van der Waals surface area contributed by atoms with Crippen molar-refractivity contribution in [2.75, 3.05) is 101 Å². The van der Waals surface area contributed by atoms with E-state index in [1.54, 1.807) is 23.5 Å².